The van der Waals surface area contributed by atoms with E-state index in [1.807, 2.05) is 6.20 Å². The number of carboxylic acid groups (broad SMARTS) is 1. The van der Waals surface area contributed by atoms with Gasteiger partial charge in [-0.15, -0.1) is 0 Å². The molecule has 1 saturated carbocycles. The van der Waals surface area contributed by atoms with Gasteiger partial charge in [0, 0.05) is 23.9 Å². The van der Waals surface area contributed by atoms with Gasteiger partial charge in [-0.05, 0) is 32.8 Å². The molecule has 3 heteroatoms. The first-order chi connectivity index (χ1) is 6.61. The summed E-state index contributed by atoms with van der Waals surface area (Å²) < 4.78 is 2.08. The highest BCUT2D eigenvalue weighted by molar-refractivity contribution is 5.89. The van der Waals surface area contributed by atoms with Crippen molar-refractivity contribution in [3.63, 3.8) is 0 Å². The zero-order valence-corrected chi connectivity index (χ0v) is 8.53. The number of nitrogens with zero attached hydrogens (tertiary/aromatic N) is 1. The van der Waals surface area contributed by atoms with Gasteiger partial charge in [-0.2, -0.15) is 0 Å². The van der Waals surface area contributed by atoms with Crippen molar-refractivity contribution < 1.29 is 9.90 Å². The lowest BCUT2D eigenvalue weighted by molar-refractivity contribution is 0.0695. The van der Waals surface area contributed by atoms with Crippen LogP contribution in [0.5, 0.6) is 0 Å². The number of aromatic nitrogens is 1. The summed E-state index contributed by atoms with van der Waals surface area (Å²) in [6.07, 6.45) is 4.16. The maximum atomic E-state index is 11.0. The van der Waals surface area contributed by atoms with E-state index in [4.69, 9.17) is 5.11 Å². The van der Waals surface area contributed by atoms with Crippen LogP contribution < -0.4 is 0 Å². The van der Waals surface area contributed by atoms with Crippen molar-refractivity contribution in [2.24, 2.45) is 0 Å². The Morgan fingerprint density at radius 1 is 1.57 bits per heavy atom. The molecule has 1 heterocycles. The summed E-state index contributed by atoms with van der Waals surface area (Å²) in [7, 11) is 0. The predicted molar refractivity (Wildman–Crippen MR) is 53.8 cm³/mol. The largest absolute Gasteiger partial charge is 0.478 e. The summed E-state index contributed by atoms with van der Waals surface area (Å²) in [6.45, 7) is 4.16. The Balaban J connectivity index is 2.46. The third-order valence-electron chi connectivity index (χ3n) is 2.71. The van der Waals surface area contributed by atoms with Crippen LogP contribution in [0.4, 0.5) is 0 Å². The molecular formula is C11H15NO2. The Morgan fingerprint density at radius 2 is 2.21 bits per heavy atom. The fraction of sp³-hybridized carbons (Fsp3) is 0.545. The lowest BCUT2D eigenvalue weighted by Gasteiger charge is -2.13. The molecule has 1 aromatic heterocycles. The van der Waals surface area contributed by atoms with Gasteiger partial charge in [0.05, 0.1) is 5.56 Å². The van der Waals surface area contributed by atoms with E-state index in [2.05, 4.69) is 18.4 Å². The van der Waals surface area contributed by atoms with E-state index >= 15 is 0 Å². The first-order valence-electron chi connectivity index (χ1n) is 5.05. The van der Waals surface area contributed by atoms with Gasteiger partial charge in [-0.1, -0.05) is 0 Å². The molecule has 1 N–H and O–H groups in total. The fourth-order valence-electron chi connectivity index (χ4n) is 1.88. The molecule has 76 valence electrons. The van der Waals surface area contributed by atoms with Gasteiger partial charge >= 0.3 is 5.97 Å². The molecule has 0 amide bonds. The first kappa shape index (κ1) is 9.31. The van der Waals surface area contributed by atoms with Crippen molar-refractivity contribution in [1.82, 2.24) is 4.57 Å². The number of hydrogen-bond acceptors (Lipinski definition) is 1. The predicted octanol–water partition coefficient (Wildman–Crippen LogP) is 2.64. The quantitative estimate of drug-likeness (QED) is 0.801. The number of carbonyl (C=O) groups is 1. The standard InChI is InChI=1S/C11H15NO2/c1-7(2)12-6-5-9(11(13)14)10(12)8-3-4-8/h5-8H,3-4H2,1-2H3,(H,13,14). The van der Waals surface area contributed by atoms with Crippen molar-refractivity contribution in [2.45, 2.75) is 38.6 Å². The molecule has 0 unspecified atom stereocenters. The first-order valence-corrected chi connectivity index (χ1v) is 5.05. The maximum Gasteiger partial charge on any atom is 0.337 e. The third kappa shape index (κ3) is 1.43. The highest BCUT2D eigenvalue weighted by atomic mass is 16.4. The topological polar surface area (TPSA) is 42.2 Å². The van der Waals surface area contributed by atoms with Crippen LogP contribution in [-0.4, -0.2) is 15.6 Å². The Labute approximate surface area is 83.4 Å². The van der Waals surface area contributed by atoms with Crippen LogP contribution in [0.1, 0.15) is 54.7 Å². The summed E-state index contributed by atoms with van der Waals surface area (Å²) >= 11 is 0. The molecule has 14 heavy (non-hydrogen) atoms. The Bertz CT molecular complexity index is 361. The molecule has 1 aliphatic rings. The molecule has 2 rings (SSSR count). The van der Waals surface area contributed by atoms with Crippen LogP contribution in [0, 0.1) is 0 Å². The summed E-state index contributed by atoms with van der Waals surface area (Å²) in [5.41, 5.74) is 1.51. The summed E-state index contributed by atoms with van der Waals surface area (Å²) in [4.78, 5) is 11.0. The second-order valence-electron chi connectivity index (χ2n) is 4.20. The van der Waals surface area contributed by atoms with Crippen molar-refractivity contribution in [3.8, 4) is 0 Å². The van der Waals surface area contributed by atoms with Gasteiger partial charge in [0.1, 0.15) is 0 Å². The van der Waals surface area contributed by atoms with E-state index in [0.29, 0.717) is 17.5 Å². The van der Waals surface area contributed by atoms with E-state index < -0.39 is 5.97 Å². The summed E-state index contributed by atoms with van der Waals surface area (Å²) in [5, 5.41) is 9.02. The van der Waals surface area contributed by atoms with Crippen LogP contribution in [-0.2, 0) is 0 Å². The molecule has 0 radical (unpaired) electrons. The van der Waals surface area contributed by atoms with Crippen LogP contribution >= 0.6 is 0 Å². The Hall–Kier alpha value is -1.25. The number of carboxylic acids is 1. The second-order valence-corrected chi connectivity index (χ2v) is 4.20. The Morgan fingerprint density at radius 3 is 2.64 bits per heavy atom. The average molecular weight is 193 g/mol. The van der Waals surface area contributed by atoms with Crippen molar-refractivity contribution in [1.29, 1.82) is 0 Å². The van der Waals surface area contributed by atoms with Crippen LogP contribution in [0.2, 0.25) is 0 Å². The molecular weight excluding hydrogens is 178 g/mol. The maximum absolute atomic E-state index is 11.0. The summed E-state index contributed by atoms with van der Waals surface area (Å²) in [6, 6.07) is 2.06. The van der Waals surface area contributed by atoms with Crippen LogP contribution in [0.3, 0.4) is 0 Å². The molecule has 0 aromatic carbocycles. The van der Waals surface area contributed by atoms with Gasteiger partial charge < -0.3 is 9.67 Å². The smallest absolute Gasteiger partial charge is 0.337 e. The lowest BCUT2D eigenvalue weighted by atomic mass is 10.1. The Kier molecular flexibility index (Phi) is 2.10. The molecule has 1 aliphatic carbocycles. The normalized spacial score (nSPS) is 16.2. The van der Waals surface area contributed by atoms with E-state index in [1.165, 1.54) is 0 Å². The highest BCUT2D eigenvalue weighted by Gasteiger charge is 2.31. The SMILES string of the molecule is CC(C)n1ccc(C(=O)O)c1C1CC1. The van der Waals surface area contributed by atoms with Gasteiger partial charge in [0.15, 0.2) is 0 Å². The second kappa shape index (κ2) is 3.15. The molecule has 3 nitrogen and oxygen atoms in total. The molecule has 0 saturated heterocycles. The fourth-order valence-corrected chi connectivity index (χ4v) is 1.88. The molecule has 0 aliphatic heterocycles. The highest BCUT2D eigenvalue weighted by Crippen LogP contribution is 2.42. The van der Waals surface area contributed by atoms with Crippen molar-refractivity contribution in [3.05, 3.63) is 23.5 Å². The zero-order valence-electron chi connectivity index (χ0n) is 8.53. The van der Waals surface area contributed by atoms with Crippen molar-refractivity contribution >= 4 is 5.97 Å². The molecule has 1 fully saturated rings. The van der Waals surface area contributed by atoms with Crippen LogP contribution in [0.25, 0.3) is 0 Å². The van der Waals surface area contributed by atoms with Gasteiger partial charge in [-0.25, -0.2) is 4.79 Å². The van der Waals surface area contributed by atoms with Gasteiger partial charge in [0.2, 0.25) is 0 Å². The third-order valence-corrected chi connectivity index (χ3v) is 2.71. The van der Waals surface area contributed by atoms with E-state index in [1.54, 1.807) is 6.07 Å². The van der Waals surface area contributed by atoms with E-state index in [0.717, 1.165) is 18.5 Å². The monoisotopic (exact) mass is 193 g/mol. The van der Waals surface area contributed by atoms with Gasteiger partial charge in [-0.3, -0.25) is 0 Å². The lowest BCUT2D eigenvalue weighted by Crippen LogP contribution is -2.07. The van der Waals surface area contributed by atoms with Crippen molar-refractivity contribution in [2.75, 3.05) is 0 Å². The minimum Gasteiger partial charge on any atom is -0.478 e. The average Bonchev–Trinajstić information content (AvgIpc) is 2.83. The number of aromatic carboxylic acids is 1. The molecule has 1 aromatic rings. The minimum atomic E-state index is -0.800. The number of rotatable bonds is 3. The van der Waals surface area contributed by atoms with E-state index in [-0.39, 0.29) is 0 Å². The molecule has 0 spiro atoms. The molecule has 0 bridgehead atoms. The van der Waals surface area contributed by atoms with Crippen LogP contribution in [0.15, 0.2) is 12.3 Å². The number of hydrogen-bond donors (Lipinski definition) is 1. The zero-order chi connectivity index (χ0) is 10.3. The van der Waals surface area contributed by atoms with Gasteiger partial charge in [0.25, 0.3) is 0 Å². The summed E-state index contributed by atoms with van der Waals surface area (Å²) in [5.74, 6) is -0.315. The molecule has 0 atom stereocenters. The minimum absolute atomic E-state index is 0.346. The van der Waals surface area contributed by atoms with E-state index in [9.17, 15) is 4.79 Å².